The Morgan fingerprint density at radius 2 is 1.92 bits per heavy atom. The van der Waals surface area contributed by atoms with E-state index in [1.54, 1.807) is 0 Å². The van der Waals surface area contributed by atoms with E-state index in [4.69, 9.17) is 19.9 Å². The Balaban J connectivity index is 1.86. The molecule has 1 saturated heterocycles. The van der Waals surface area contributed by atoms with E-state index in [1.165, 1.54) is 0 Å². The number of nitrogens with two attached hydrogens (primary N) is 1. The highest BCUT2D eigenvalue weighted by Crippen LogP contribution is 2.09. The molecule has 4 nitrogen and oxygen atoms in total. The Morgan fingerprint density at radius 3 is 2.62 bits per heavy atom. The molecule has 78 valence electrons. The first-order chi connectivity index (χ1) is 6.43. The predicted octanol–water partition coefficient (Wildman–Crippen LogP) is 0.157. The minimum Gasteiger partial charge on any atom is -0.381 e. The van der Waals surface area contributed by atoms with Crippen LogP contribution in [0.3, 0.4) is 0 Å². The van der Waals surface area contributed by atoms with Crippen molar-refractivity contribution in [1.29, 1.82) is 0 Å². The Hall–Kier alpha value is -0.160. The molecule has 1 aliphatic heterocycles. The molecule has 0 spiro atoms. The van der Waals surface area contributed by atoms with E-state index >= 15 is 0 Å². The van der Waals surface area contributed by atoms with Crippen molar-refractivity contribution in [3.63, 3.8) is 0 Å². The number of ether oxygens (including phenoxy) is 3. The molecule has 0 aromatic rings. The van der Waals surface area contributed by atoms with Crippen molar-refractivity contribution < 1.29 is 14.2 Å². The SMILES string of the molecule is NCCOCCOC1CCOCC1. The average Bonchev–Trinajstić information content (AvgIpc) is 2.19. The van der Waals surface area contributed by atoms with E-state index in [9.17, 15) is 0 Å². The van der Waals surface area contributed by atoms with E-state index in [0.29, 0.717) is 32.5 Å². The fourth-order valence-corrected chi connectivity index (χ4v) is 1.30. The second-order valence-corrected chi connectivity index (χ2v) is 3.08. The summed E-state index contributed by atoms with van der Waals surface area (Å²) in [5, 5.41) is 0. The molecule has 4 heteroatoms. The Morgan fingerprint density at radius 1 is 1.15 bits per heavy atom. The van der Waals surface area contributed by atoms with Crippen molar-refractivity contribution in [2.75, 3.05) is 39.6 Å². The first kappa shape index (κ1) is 10.9. The molecular formula is C9H19NO3. The lowest BCUT2D eigenvalue weighted by Crippen LogP contribution is -2.25. The van der Waals surface area contributed by atoms with E-state index in [-0.39, 0.29) is 0 Å². The summed E-state index contributed by atoms with van der Waals surface area (Å²) in [5.41, 5.74) is 5.27. The van der Waals surface area contributed by atoms with Gasteiger partial charge in [0.05, 0.1) is 25.9 Å². The Labute approximate surface area is 79.3 Å². The second kappa shape index (κ2) is 7.26. The van der Waals surface area contributed by atoms with Crippen LogP contribution in [0.2, 0.25) is 0 Å². The lowest BCUT2D eigenvalue weighted by molar-refractivity contribution is -0.0487. The summed E-state index contributed by atoms with van der Waals surface area (Å²) >= 11 is 0. The molecule has 0 aliphatic carbocycles. The third kappa shape index (κ3) is 5.21. The van der Waals surface area contributed by atoms with Gasteiger partial charge in [-0.1, -0.05) is 0 Å². The molecule has 0 atom stereocenters. The van der Waals surface area contributed by atoms with Gasteiger partial charge in [-0.05, 0) is 12.8 Å². The van der Waals surface area contributed by atoms with Gasteiger partial charge in [0.15, 0.2) is 0 Å². The first-order valence-electron chi connectivity index (χ1n) is 4.90. The Bertz CT molecular complexity index is 115. The van der Waals surface area contributed by atoms with Crippen LogP contribution in [0.4, 0.5) is 0 Å². The molecular weight excluding hydrogens is 170 g/mol. The topological polar surface area (TPSA) is 53.7 Å². The van der Waals surface area contributed by atoms with Crippen molar-refractivity contribution in [2.45, 2.75) is 18.9 Å². The number of hydrogen-bond acceptors (Lipinski definition) is 4. The van der Waals surface area contributed by atoms with Gasteiger partial charge in [0, 0.05) is 19.8 Å². The summed E-state index contributed by atoms with van der Waals surface area (Å²) in [6, 6.07) is 0. The maximum atomic E-state index is 5.58. The monoisotopic (exact) mass is 189 g/mol. The molecule has 1 heterocycles. The van der Waals surface area contributed by atoms with Crippen LogP contribution in [-0.2, 0) is 14.2 Å². The van der Waals surface area contributed by atoms with Gasteiger partial charge in [-0.3, -0.25) is 0 Å². The van der Waals surface area contributed by atoms with Crippen molar-refractivity contribution >= 4 is 0 Å². The quantitative estimate of drug-likeness (QED) is 0.605. The van der Waals surface area contributed by atoms with Gasteiger partial charge < -0.3 is 19.9 Å². The van der Waals surface area contributed by atoms with Gasteiger partial charge >= 0.3 is 0 Å². The van der Waals surface area contributed by atoms with Gasteiger partial charge in [-0.15, -0.1) is 0 Å². The summed E-state index contributed by atoms with van der Waals surface area (Å²) in [4.78, 5) is 0. The fourth-order valence-electron chi connectivity index (χ4n) is 1.30. The van der Waals surface area contributed by atoms with Crippen LogP contribution in [0.25, 0.3) is 0 Å². The third-order valence-electron chi connectivity index (χ3n) is 2.01. The highest BCUT2D eigenvalue weighted by molar-refractivity contribution is 4.61. The molecule has 0 unspecified atom stereocenters. The van der Waals surface area contributed by atoms with Crippen molar-refractivity contribution in [1.82, 2.24) is 0 Å². The zero-order valence-corrected chi connectivity index (χ0v) is 8.04. The fraction of sp³-hybridized carbons (Fsp3) is 1.00. The molecule has 1 rings (SSSR count). The summed E-state index contributed by atoms with van der Waals surface area (Å²) in [5.74, 6) is 0. The minimum absolute atomic E-state index is 0.371. The number of rotatable bonds is 6. The minimum atomic E-state index is 0.371. The molecule has 0 amide bonds. The molecule has 1 fully saturated rings. The summed E-state index contributed by atoms with van der Waals surface area (Å²) in [7, 11) is 0. The van der Waals surface area contributed by atoms with Crippen molar-refractivity contribution in [3.8, 4) is 0 Å². The average molecular weight is 189 g/mol. The molecule has 0 radical (unpaired) electrons. The van der Waals surface area contributed by atoms with Gasteiger partial charge in [0.2, 0.25) is 0 Å². The maximum Gasteiger partial charge on any atom is 0.0704 e. The van der Waals surface area contributed by atoms with Crippen molar-refractivity contribution in [2.24, 2.45) is 5.73 Å². The molecule has 2 N–H and O–H groups in total. The summed E-state index contributed by atoms with van der Waals surface area (Å²) in [6.45, 7) is 4.18. The van der Waals surface area contributed by atoms with Crippen LogP contribution >= 0.6 is 0 Å². The van der Waals surface area contributed by atoms with E-state index in [2.05, 4.69) is 0 Å². The molecule has 0 saturated carbocycles. The van der Waals surface area contributed by atoms with Gasteiger partial charge in [-0.2, -0.15) is 0 Å². The van der Waals surface area contributed by atoms with E-state index in [0.717, 1.165) is 26.1 Å². The smallest absolute Gasteiger partial charge is 0.0704 e. The highest BCUT2D eigenvalue weighted by Gasteiger charge is 2.13. The third-order valence-corrected chi connectivity index (χ3v) is 2.01. The molecule has 1 aliphatic rings. The standard InChI is InChI=1S/C9H19NO3/c10-3-6-12-7-8-13-9-1-4-11-5-2-9/h9H,1-8,10H2. The number of hydrogen-bond donors (Lipinski definition) is 1. The van der Waals surface area contributed by atoms with Crippen LogP contribution in [0.15, 0.2) is 0 Å². The Kier molecular flexibility index (Phi) is 6.10. The molecule has 0 aromatic carbocycles. The van der Waals surface area contributed by atoms with Gasteiger partial charge in [-0.25, -0.2) is 0 Å². The van der Waals surface area contributed by atoms with Crippen LogP contribution in [0, 0.1) is 0 Å². The lowest BCUT2D eigenvalue weighted by Gasteiger charge is -2.22. The van der Waals surface area contributed by atoms with Crippen LogP contribution < -0.4 is 5.73 Å². The summed E-state index contributed by atoms with van der Waals surface area (Å²) in [6.07, 6.45) is 2.39. The zero-order valence-electron chi connectivity index (χ0n) is 8.04. The zero-order chi connectivity index (χ0) is 9.36. The van der Waals surface area contributed by atoms with Gasteiger partial charge in [0.1, 0.15) is 0 Å². The predicted molar refractivity (Wildman–Crippen MR) is 49.7 cm³/mol. The summed E-state index contributed by atoms with van der Waals surface area (Å²) < 4.78 is 16.0. The van der Waals surface area contributed by atoms with E-state index < -0.39 is 0 Å². The van der Waals surface area contributed by atoms with Crippen molar-refractivity contribution in [3.05, 3.63) is 0 Å². The van der Waals surface area contributed by atoms with Crippen LogP contribution in [0.5, 0.6) is 0 Å². The maximum absolute atomic E-state index is 5.58. The van der Waals surface area contributed by atoms with Gasteiger partial charge in [0.25, 0.3) is 0 Å². The largest absolute Gasteiger partial charge is 0.381 e. The molecule has 0 aromatic heterocycles. The first-order valence-corrected chi connectivity index (χ1v) is 4.90. The van der Waals surface area contributed by atoms with Crippen LogP contribution in [0.1, 0.15) is 12.8 Å². The molecule has 13 heavy (non-hydrogen) atoms. The normalized spacial score (nSPS) is 19.2. The lowest BCUT2D eigenvalue weighted by atomic mass is 10.2. The van der Waals surface area contributed by atoms with E-state index in [1.807, 2.05) is 0 Å². The molecule has 0 bridgehead atoms. The highest BCUT2D eigenvalue weighted by atomic mass is 16.5. The van der Waals surface area contributed by atoms with Crippen LogP contribution in [-0.4, -0.2) is 45.7 Å². The second-order valence-electron chi connectivity index (χ2n) is 3.08.